The molecule has 0 aromatic heterocycles. The highest BCUT2D eigenvalue weighted by Gasteiger charge is 2.28. The average Bonchev–Trinajstić information content (AvgIpc) is 2.60. The van der Waals surface area contributed by atoms with Crippen LogP contribution >= 0.6 is 7.82 Å². The van der Waals surface area contributed by atoms with Gasteiger partial charge in [-0.25, -0.2) is 9.36 Å². The molecule has 0 fully saturated rings. The second-order valence-electron chi connectivity index (χ2n) is 5.53. The molecule has 0 saturated carbocycles. The molecular weight excluding hydrogens is 357 g/mol. The number of amides is 1. The summed E-state index contributed by atoms with van der Waals surface area (Å²) in [5.74, 6) is 0. The van der Waals surface area contributed by atoms with Gasteiger partial charge in [0.05, 0.1) is 18.8 Å². The summed E-state index contributed by atoms with van der Waals surface area (Å²) in [6, 6.07) is 8.09. The number of unbranched alkanes of at least 4 members (excludes halogenated alkanes) is 3. The molecule has 0 aliphatic carbocycles. The quantitative estimate of drug-likeness (QED) is 0.400. The van der Waals surface area contributed by atoms with Gasteiger partial charge in [-0.2, -0.15) is 0 Å². The first-order valence-corrected chi connectivity index (χ1v) is 10.6. The van der Waals surface area contributed by atoms with Gasteiger partial charge >= 0.3 is 13.9 Å². The maximum Gasteiger partial charge on any atom is 0.469 e. The molecule has 0 aliphatic heterocycles. The largest absolute Gasteiger partial charge is 0.469 e. The summed E-state index contributed by atoms with van der Waals surface area (Å²) in [6.45, 7) is 7.89. The number of benzene rings is 1. The molecular formula is C18H32NO6P. The molecule has 2 unspecified atom stereocenters. The lowest BCUT2D eigenvalue weighted by Crippen LogP contribution is -2.36. The zero-order valence-electron chi connectivity index (χ0n) is 16.1. The molecule has 0 aliphatic rings. The van der Waals surface area contributed by atoms with Crippen molar-refractivity contribution in [1.29, 1.82) is 0 Å². The Hall–Kier alpha value is -1.40. The molecule has 1 aromatic rings. The van der Waals surface area contributed by atoms with Gasteiger partial charge in [-0.05, 0) is 18.9 Å². The number of hydrogen-bond donors (Lipinski definition) is 3. The number of nitrogens with one attached hydrogen (secondary N) is 1. The predicted octanol–water partition coefficient (Wildman–Crippen LogP) is 4.56. The first-order valence-electron chi connectivity index (χ1n) is 9.05. The van der Waals surface area contributed by atoms with Crippen molar-refractivity contribution in [2.75, 3.05) is 6.61 Å². The van der Waals surface area contributed by atoms with Gasteiger partial charge < -0.3 is 19.8 Å². The van der Waals surface area contributed by atoms with Gasteiger partial charge in [0.2, 0.25) is 0 Å². The summed E-state index contributed by atoms with van der Waals surface area (Å²) in [4.78, 5) is 29.9. The highest BCUT2D eigenvalue weighted by atomic mass is 31.2. The van der Waals surface area contributed by atoms with Crippen molar-refractivity contribution >= 4 is 13.9 Å². The van der Waals surface area contributed by atoms with E-state index in [1.165, 1.54) is 6.92 Å². The van der Waals surface area contributed by atoms with E-state index in [1.807, 2.05) is 13.8 Å². The van der Waals surface area contributed by atoms with E-state index >= 15 is 0 Å². The SMILES string of the molecule is CC.CCCCCCOC(=O)NC(c1ccccc1)C(C)OP(=O)(O)O. The molecule has 3 N–H and O–H groups in total. The lowest BCUT2D eigenvalue weighted by atomic mass is 10.0. The second-order valence-corrected chi connectivity index (χ2v) is 6.72. The number of ether oxygens (including phenoxy) is 1. The first-order chi connectivity index (χ1) is 12.3. The zero-order valence-corrected chi connectivity index (χ0v) is 16.9. The Balaban J connectivity index is 0.00000301. The van der Waals surface area contributed by atoms with Crippen LogP contribution in [0.2, 0.25) is 0 Å². The monoisotopic (exact) mass is 389 g/mol. The van der Waals surface area contributed by atoms with Crippen LogP contribution in [0.25, 0.3) is 0 Å². The summed E-state index contributed by atoms with van der Waals surface area (Å²) in [5, 5.41) is 2.62. The molecule has 26 heavy (non-hydrogen) atoms. The van der Waals surface area contributed by atoms with Crippen molar-refractivity contribution in [2.24, 2.45) is 0 Å². The van der Waals surface area contributed by atoms with E-state index in [0.29, 0.717) is 12.2 Å². The maximum absolute atomic E-state index is 11.9. The van der Waals surface area contributed by atoms with Crippen LogP contribution in [0.3, 0.4) is 0 Å². The summed E-state index contributed by atoms with van der Waals surface area (Å²) in [7, 11) is -4.67. The van der Waals surface area contributed by atoms with Crippen LogP contribution in [-0.4, -0.2) is 28.6 Å². The Kier molecular flexibility index (Phi) is 13.0. The Morgan fingerprint density at radius 1 is 1.15 bits per heavy atom. The third-order valence-corrected chi connectivity index (χ3v) is 4.04. The number of rotatable bonds is 10. The molecule has 0 spiro atoms. The van der Waals surface area contributed by atoms with Crippen molar-refractivity contribution in [3.63, 3.8) is 0 Å². The van der Waals surface area contributed by atoms with Crippen molar-refractivity contribution in [1.82, 2.24) is 5.32 Å². The second kappa shape index (κ2) is 13.8. The highest BCUT2D eigenvalue weighted by molar-refractivity contribution is 7.46. The normalized spacial score (nSPS) is 13.2. The number of carbonyl (C=O) groups is 1. The van der Waals surface area contributed by atoms with Crippen LogP contribution in [0.5, 0.6) is 0 Å². The molecule has 150 valence electrons. The molecule has 2 atom stereocenters. The van der Waals surface area contributed by atoms with Crippen molar-refractivity contribution < 1.29 is 28.4 Å². The standard InChI is InChI=1S/C16H26NO6P.C2H6/c1-3-4-5-9-12-22-16(18)17-15(13(2)23-24(19,20)21)14-10-7-6-8-11-14;1-2/h6-8,10-11,13,15H,3-5,9,12H2,1-2H3,(H,17,18)(H2,19,20,21);1-2H3. The van der Waals surface area contributed by atoms with Crippen molar-refractivity contribution in [3.05, 3.63) is 35.9 Å². The molecule has 0 radical (unpaired) electrons. The van der Waals surface area contributed by atoms with Crippen LogP contribution in [0.15, 0.2) is 30.3 Å². The summed E-state index contributed by atoms with van der Waals surface area (Å²) < 4.78 is 20.9. The van der Waals surface area contributed by atoms with E-state index in [9.17, 15) is 9.36 Å². The molecule has 1 rings (SSSR count). The fourth-order valence-corrected chi connectivity index (χ4v) is 2.83. The average molecular weight is 389 g/mol. The number of phosphoric ester groups is 1. The third kappa shape index (κ3) is 11.3. The number of hydrogen-bond acceptors (Lipinski definition) is 4. The minimum atomic E-state index is -4.67. The van der Waals surface area contributed by atoms with Crippen LogP contribution in [0, 0.1) is 0 Å². The first kappa shape index (κ1) is 24.6. The molecule has 0 heterocycles. The number of phosphoric acid groups is 1. The van der Waals surface area contributed by atoms with Gasteiger partial charge in [-0.15, -0.1) is 0 Å². The molecule has 8 heteroatoms. The van der Waals surface area contributed by atoms with E-state index in [2.05, 4.69) is 12.2 Å². The van der Waals surface area contributed by atoms with Gasteiger partial charge in [0.25, 0.3) is 0 Å². The smallest absolute Gasteiger partial charge is 0.450 e. The zero-order chi connectivity index (χ0) is 20.0. The summed E-state index contributed by atoms with van der Waals surface area (Å²) in [5.41, 5.74) is 0.668. The topological polar surface area (TPSA) is 105 Å². The predicted molar refractivity (Wildman–Crippen MR) is 102 cm³/mol. The maximum atomic E-state index is 11.9. The summed E-state index contributed by atoms with van der Waals surface area (Å²) >= 11 is 0. The molecule has 0 bridgehead atoms. The van der Waals surface area contributed by atoms with Crippen LogP contribution in [0.1, 0.15) is 65.0 Å². The Morgan fingerprint density at radius 3 is 2.31 bits per heavy atom. The van der Waals surface area contributed by atoms with Crippen LogP contribution < -0.4 is 5.32 Å². The van der Waals surface area contributed by atoms with E-state index in [1.54, 1.807) is 30.3 Å². The van der Waals surface area contributed by atoms with E-state index in [4.69, 9.17) is 19.0 Å². The highest BCUT2D eigenvalue weighted by Crippen LogP contribution is 2.40. The van der Waals surface area contributed by atoms with Gasteiger partial charge in [0, 0.05) is 0 Å². The summed E-state index contributed by atoms with van der Waals surface area (Å²) in [6.07, 6.45) is 2.39. The van der Waals surface area contributed by atoms with Gasteiger partial charge in [0.1, 0.15) is 0 Å². The Bertz CT molecular complexity index is 534. The van der Waals surface area contributed by atoms with Crippen molar-refractivity contribution in [3.8, 4) is 0 Å². The lowest BCUT2D eigenvalue weighted by molar-refractivity contribution is 0.0993. The molecule has 7 nitrogen and oxygen atoms in total. The van der Waals surface area contributed by atoms with E-state index in [-0.39, 0.29) is 0 Å². The van der Waals surface area contributed by atoms with Gasteiger partial charge in [-0.3, -0.25) is 4.52 Å². The number of carbonyl (C=O) groups excluding carboxylic acids is 1. The van der Waals surface area contributed by atoms with Crippen molar-refractivity contribution in [2.45, 2.75) is 65.5 Å². The molecule has 0 saturated heterocycles. The number of alkyl carbamates (subject to hydrolysis) is 1. The van der Waals surface area contributed by atoms with Gasteiger partial charge in [-0.1, -0.05) is 70.4 Å². The van der Waals surface area contributed by atoms with E-state index in [0.717, 1.165) is 25.7 Å². The minimum absolute atomic E-state index is 0.307. The lowest BCUT2D eigenvalue weighted by Gasteiger charge is -2.25. The molecule has 1 aromatic carbocycles. The fraction of sp³-hybridized carbons (Fsp3) is 0.611. The third-order valence-electron chi connectivity index (χ3n) is 3.44. The fourth-order valence-electron chi connectivity index (χ4n) is 2.27. The van der Waals surface area contributed by atoms with E-state index < -0.39 is 26.1 Å². The van der Waals surface area contributed by atoms with Gasteiger partial charge in [0.15, 0.2) is 0 Å². The van der Waals surface area contributed by atoms with Crippen LogP contribution in [0.4, 0.5) is 4.79 Å². The van der Waals surface area contributed by atoms with Crippen LogP contribution in [-0.2, 0) is 13.8 Å². The molecule has 1 amide bonds. The Morgan fingerprint density at radius 2 is 1.77 bits per heavy atom. The minimum Gasteiger partial charge on any atom is -0.450 e. The Labute approximate surface area is 156 Å².